The van der Waals surface area contributed by atoms with Crippen molar-refractivity contribution in [2.24, 2.45) is 0 Å². The maximum absolute atomic E-state index is 12.3. The van der Waals surface area contributed by atoms with Crippen LogP contribution in [0.15, 0.2) is 24.3 Å². The zero-order valence-corrected chi connectivity index (χ0v) is 13.1. The minimum atomic E-state index is -0.336. The summed E-state index contributed by atoms with van der Waals surface area (Å²) in [6, 6.07) is 7.13. The van der Waals surface area contributed by atoms with Crippen LogP contribution < -0.4 is 0 Å². The highest BCUT2D eigenvalue weighted by molar-refractivity contribution is 6.30. The van der Waals surface area contributed by atoms with E-state index in [9.17, 15) is 9.59 Å². The van der Waals surface area contributed by atoms with Crippen LogP contribution in [0.5, 0.6) is 0 Å². The Morgan fingerprint density at radius 3 is 2.38 bits per heavy atom. The standard InChI is InChI=1S/C15H20ClNO4/c1-20-10-9-17(8-7-15(19)21-2)14(18)11-12-3-5-13(16)6-4-12/h3-6H,7-11H2,1-2H3. The Kier molecular flexibility index (Phi) is 7.79. The zero-order valence-electron chi connectivity index (χ0n) is 12.3. The molecule has 0 heterocycles. The topological polar surface area (TPSA) is 55.8 Å². The molecule has 1 rings (SSSR count). The van der Waals surface area contributed by atoms with Crippen molar-refractivity contribution in [1.29, 1.82) is 0 Å². The van der Waals surface area contributed by atoms with Gasteiger partial charge in [0.2, 0.25) is 5.91 Å². The van der Waals surface area contributed by atoms with E-state index in [1.54, 1.807) is 24.1 Å². The Balaban J connectivity index is 2.60. The van der Waals surface area contributed by atoms with Crippen LogP contribution in [0.3, 0.4) is 0 Å². The number of hydrogen-bond donors (Lipinski definition) is 0. The van der Waals surface area contributed by atoms with Gasteiger partial charge in [0.25, 0.3) is 0 Å². The second-order valence-electron chi connectivity index (χ2n) is 4.50. The first kappa shape index (κ1) is 17.5. The number of benzene rings is 1. The molecule has 5 nitrogen and oxygen atoms in total. The molecule has 0 saturated carbocycles. The average Bonchev–Trinajstić information content (AvgIpc) is 2.49. The van der Waals surface area contributed by atoms with Gasteiger partial charge in [0, 0.05) is 25.2 Å². The molecule has 0 radical (unpaired) electrons. The molecule has 21 heavy (non-hydrogen) atoms. The molecule has 0 fully saturated rings. The van der Waals surface area contributed by atoms with E-state index in [0.717, 1.165) is 5.56 Å². The van der Waals surface area contributed by atoms with Crippen molar-refractivity contribution in [3.05, 3.63) is 34.9 Å². The van der Waals surface area contributed by atoms with Crippen LogP contribution in [0.25, 0.3) is 0 Å². The molecule has 0 aliphatic rings. The van der Waals surface area contributed by atoms with Crippen LogP contribution in [-0.4, -0.2) is 50.7 Å². The summed E-state index contributed by atoms with van der Waals surface area (Å²) >= 11 is 5.82. The smallest absolute Gasteiger partial charge is 0.307 e. The van der Waals surface area contributed by atoms with Gasteiger partial charge in [-0.3, -0.25) is 9.59 Å². The first-order valence-corrected chi connectivity index (χ1v) is 7.02. The minimum absolute atomic E-state index is 0.0572. The number of hydrogen-bond acceptors (Lipinski definition) is 4. The van der Waals surface area contributed by atoms with E-state index < -0.39 is 0 Å². The summed E-state index contributed by atoms with van der Waals surface area (Å²) in [5, 5.41) is 0.633. The van der Waals surface area contributed by atoms with Gasteiger partial charge >= 0.3 is 5.97 Å². The van der Waals surface area contributed by atoms with Crippen molar-refractivity contribution in [2.45, 2.75) is 12.8 Å². The third-order valence-electron chi connectivity index (χ3n) is 3.00. The third kappa shape index (κ3) is 6.60. The number of methoxy groups -OCH3 is 2. The minimum Gasteiger partial charge on any atom is -0.469 e. The monoisotopic (exact) mass is 313 g/mol. The quantitative estimate of drug-likeness (QED) is 0.688. The summed E-state index contributed by atoms with van der Waals surface area (Å²) in [5.41, 5.74) is 0.880. The maximum atomic E-state index is 12.3. The Bertz CT molecular complexity index is 461. The van der Waals surface area contributed by atoms with E-state index in [-0.39, 0.29) is 24.7 Å². The normalized spacial score (nSPS) is 10.2. The number of nitrogens with zero attached hydrogens (tertiary/aromatic N) is 1. The highest BCUT2D eigenvalue weighted by atomic mass is 35.5. The Hall–Kier alpha value is -1.59. The second kappa shape index (κ2) is 9.37. The lowest BCUT2D eigenvalue weighted by atomic mass is 10.1. The summed E-state index contributed by atoms with van der Waals surface area (Å²) < 4.78 is 9.59. The molecule has 1 aromatic carbocycles. The van der Waals surface area contributed by atoms with Crippen LogP contribution in [0.2, 0.25) is 5.02 Å². The molecular formula is C15H20ClNO4. The van der Waals surface area contributed by atoms with Gasteiger partial charge in [0.05, 0.1) is 26.6 Å². The Labute approximate surface area is 129 Å². The second-order valence-corrected chi connectivity index (χ2v) is 4.94. The van der Waals surface area contributed by atoms with Crippen LogP contribution in [0, 0.1) is 0 Å². The highest BCUT2D eigenvalue weighted by Gasteiger charge is 2.15. The molecule has 0 aliphatic heterocycles. The van der Waals surface area contributed by atoms with Gasteiger partial charge in [-0.25, -0.2) is 0 Å². The summed E-state index contributed by atoms with van der Waals surface area (Å²) in [5.74, 6) is -0.394. The van der Waals surface area contributed by atoms with Crippen molar-refractivity contribution < 1.29 is 19.1 Å². The highest BCUT2D eigenvalue weighted by Crippen LogP contribution is 2.11. The Morgan fingerprint density at radius 1 is 1.14 bits per heavy atom. The van der Waals surface area contributed by atoms with Crippen molar-refractivity contribution in [2.75, 3.05) is 33.9 Å². The van der Waals surface area contributed by atoms with Gasteiger partial charge in [-0.05, 0) is 17.7 Å². The zero-order chi connectivity index (χ0) is 15.7. The lowest BCUT2D eigenvalue weighted by Crippen LogP contribution is -2.36. The number of carbonyl (C=O) groups is 2. The fourth-order valence-electron chi connectivity index (χ4n) is 1.78. The molecule has 116 valence electrons. The number of esters is 1. The molecule has 0 aromatic heterocycles. The largest absolute Gasteiger partial charge is 0.469 e. The molecule has 1 aromatic rings. The predicted octanol–water partition coefficient (Wildman–Crippen LogP) is 1.92. The first-order valence-electron chi connectivity index (χ1n) is 6.64. The van der Waals surface area contributed by atoms with Crippen molar-refractivity contribution in [3.8, 4) is 0 Å². The predicted molar refractivity (Wildman–Crippen MR) is 80.2 cm³/mol. The van der Waals surface area contributed by atoms with Gasteiger partial charge in [0.1, 0.15) is 0 Å². The summed E-state index contributed by atoms with van der Waals surface area (Å²) in [6.45, 7) is 1.19. The number of amides is 1. The fourth-order valence-corrected chi connectivity index (χ4v) is 1.91. The van der Waals surface area contributed by atoms with Gasteiger partial charge < -0.3 is 14.4 Å². The van der Waals surface area contributed by atoms with E-state index >= 15 is 0 Å². The summed E-state index contributed by atoms with van der Waals surface area (Å²) in [4.78, 5) is 25.1. The van der Waals surface area contributed by atoms with Gasteiger partial charge in [-0.1, -0.05) is 23.7 Å². The molecule has 0 aliphatic carbocycles. The van der Waals surface area contributed by atoms with Crippen molar-refractivity contribution >= 4 is 23.5 Å². The van der Waals surface area contributed by atoms with E-state index in [0.29, 0.717) is 24.7 Å². The van der Waals surface area contributed by atoms with Crippen molar-refractivity contribution in [1.82, 2.24) is 4.90 Å². The Morgan fingerprint density at radius 2 is 1.81 bits per heavy atom. The lowest BCUT2D eigenvalue weighted by Gasteiger charge is -2.22. The van der Waals surface area contributed by atoms with E-state index in [1.165, 1.54) is 7.11 Å². The fraction of sp³-hybridized carbons (Fsp3) is 0.467. The molecule has 0 spiro atoms. The first-order chi connectivity index (χ1) is 10.1. The summed E-state index contributed by atoms with van der Waals surface area (Å²) in [7, 11) is 2.90. The molecule has 0 unspecified atom stereocenters. The van der Waals surface area contributed by atoms with E-state index in [2.05, 4.69) is 4.74 Å². The van der Waals surface area contributed by atoms with Crippen LogP contribution in [-0.2, 0) is 25.5 Å². The molecule has 0 N–H and O–H groups in total. The molecule has 0 saturated heterocycles. The van der Waals surface area contributed by atoms with E-state index in [4.69, 9.17) is 16.3 Å². The number of rotatable bonds is 8. The summed E-state index contributed by atoms with van der Waals surface area (Å²) in [6.07, 6.45) is 0.439. The van der Waals surface area contributed by atoms with Crippen LogP contribution >= 0.6 is 11.6 Å². The van der Waals surface area contributed by atoms with Gasteiger partial charge in [-0.2, -0.15) is 0 Å². The third-order valence-corrected chi connectivity index (χ3v) is 3.25. The van der Waals surface area contributed by atoms with Gasteiger partial charge in [0.15, 0.2) is 0 Å². The molecule has 0 atom stereocenters. The molecular weight excluding hydrogens is 294 g/mol. The lowest BCUT2D eigenvalue weighted by molar-refractivity contribution is -0.141. The SMILES string of the molecule is COCCN(CCC(=O)OC)C(=O)Cc1ccc(Cl)cc1. The number of carbonyl (C=O) groups excluding carboxylic acids is 2. The maximum Gasteiger partial charge on any atom is 0.307 e. The average molecular weight is 314 g/mol. The number of ether oxygens (including phenoxy) is 2. The molecule has 6 heteroatoms. The van der Waals surface area contributed by atoms with Gasteiger partial charge in [-0.15, -0.1) is 0 Å². The molecule has 1 amide bonds. The molecule has 0 bridgehead atoms. The van der Waals surface area contributed by atoms with E-state index in [1.807, 2.05) is 12.1 Å². The van der Waals surface area contributed by atoms with Crippen molar-refractivity contribution in [3.63, 3.8) is 0 Å². The number of halogens is 1. The van der Waals surface area contributed by atoms with Crippen LogP contribution in [0.1, 0.15) is 12.0 Å². The van der Waals surface area contributed by atoms with Crippen LogP contribution in [0.4, 0.5) is 0 Å².